The van der Waals surface area contributed by atoms with Crippen LogP contribution in [-0.2, 0) is 28.9 Å². The zero-order chi connectivity index (χ0) is 42.1. The largest absolute Gasteiger partial charge is 0.464 e. The summed E-state index contributed by atoms with van der Waals surface area (Å²) >= 11 is 0. The Kier molecular flexibility index (Phi) is 13.6. The lowest BCUT2D eigenvalue weighted by atomic mass is 9.80. The molecule has 2 atom stereocenters. The molecule has 316 valence electrons. The van der Waals surface area contributed by atoms with Crippen LogP contribution < -0.4 is 16.0 Å². The van der Waals surface area contributed by atoms with E-state index < -0.39 is 12.0 Å². The molecule has 1 amide bonds. The predicted molar refractivity (Wildman–Crippen MR) is 228 cm³/mol. The average molecular weight is 816 g/mol. The Labute approximate surface area is 350 Å². The molecule has 16 nitrogen and oxygen atoms in total. The van der Waals surface area contributed by atoms with Crippen LogP contribution in [0.25, 0.3) is 17.0 Å². The first-order chi connectivity index (χ1) is 29.0. The number of nitrogens with one attached hydrogen (secondary N) is 3. The summed E-state index contributed by atoms with van der Waals surface area (Å²) in [6.07, 6.45) is 9.71. The van der Waals surface area contributed by atoms with E-state index in [1.165, 1.54) is 25.3 Å². The second-order valence-electron chi connectivity index (χ2n) is 17.1. The highest BCUT2D eigenvalue weighted by molar-refractivity contribution is 5.86. The van der Waals surface area contributed by atoms with Gasteiger partial charge in [-0.05, 0) is 67.5 Å². The second-order valence-corrected chi connectivity index (χ2v) is 17.1. The van der Waals surface area contributed by atoms with Gasteiger partial charge in [-0.3, -0.25) is 4.79 Å². The Hall–Kier alpha value is -6.03. The van der Waals surface area contributed by atoms with E-state index in [4.69, 9.17) is 9.84 Å². The summed E-state index contributed by atoms with van der Waals surface area (Å²) in [5.74, 6) is 1.69. The Morgan fingerprint density at radius 1 is 0.933 bits per heavy atom. The number of benzene rings is 2. The fourth-order valence-corrected chi connectivity index (χ4v) is 7.57. The van der Waals surface area contributed by atoms with Crippen molar-refractivity contribution in [3.05, 3.63) is 102 Å². The number of carbonyl (C=O) groups excluding carboxylic acids is 2. The van der Waals surface area contributed by atoms with Crippen molar-refractivity contribution in [2.24, 2.45) is 11.3 Å². The van der Waals surface area contributed by atoms with Crippen molar-refractivity contribution in [1.29, 1.82) is 0 Å². The first-order valence-electron chi connectivity index (χ1n) is 21.0. The van der Waals surface area contributed by atoms with Gasteiger partial charge in [0.25, 0.3) is 0 Å². The van der Waals surface area contributed by atoms with Gasteiger partial charge in [0.1, 0.15) is 6.04 Å². The SMILES string of the molecule is COC(=O)c1cn(C[C@H](CC(C)C)NC(=O)[C@H](Cc2ccccc2)n2cc(CCCNCC(C)(C)CNc3nn4c(-c5ccccc5)nnc4cc3C3CCC3)nn2)nn1. The zero-order valence-electron chi connectivity index (χ0n) is 35.3. The summed E-state index contributed by atoms with van der Waals surface area (Å²) in [5.41, 5.74) is 4.87. The third-order valence-corrected chi connectivity index (χ3v) is 11.0. The molecule has 2 aromatic carbocycles. The Bertz CT molecular complexity index is 2320. The monoisotopic (exact) mass is 815 g/mol. The van der Waals surface area contributed by atoms with Gasteiger partial charge >= 0.3 is 5.97 Å². The van der Waals surface area contributed by atoms with E-state index in [0.717, 1.165) is 73.0 Å². The van der Waals surface area contributed by atoms with E-state index in [1.807, 2.05) is 71.4 Å². The molecule has 60 heavy (non-hydrogen) atoms. The number of ether oxygens (including phenoxy) is 1. The number of hydrogen-bond donors (Lipinski definition) is 3. The number of aryl methyl sites for hydroxylation is 1. The second kappa shape index (κ2) is 19.4. The molecule has 7 rings (SSSR count). The number of fused-ring (bicyclic) bond motifs is 1. The zero-order valence-corrected chi connectivity index (χ0v) is 35.3. The summed E-state index contributed by atoms with van der Waals surface area (Å²) in [5, 5.41) is 41.6. The molecule has 4 aromatic heterocycles. The molecule has 0 saturated heterocycles. The average Bonchev–Trinajstić information content (AvgIpc) is 3.99. The van der Waals surface area contributed by atoms with Crippen LogP contribution in [0.1, 0.15) is 99.1 Å². The van der Waals surface area contributed by atoms with Crippen LogP contribution in [0.15, 0.2) is 79.1 Å². The van der Waals surface area contributed by atoms with Crippen molar-refractivity contribution < 1.29 is 14.3 Å². The molecule has 0 spiro atoms. The van der Waals surface area contributed by atoms with Crippen LogP contribution in [0.5, 0.6) is 0 Å². The molecule has 1 fully saturated rings. The van der Waals surface area contributed by atoms with Crippen molar-refractivity contribution >= 4 is 23.3 Å². The van der Waals surface area contributed by atoms with Gasteiger partial charge in [-0.15, -0.1) is 25.5 Å². The summed E-state index contributed by atoms with van der Waals surface area (Å²) in [4.78, 5) is 26.0. The van der Waals surface area contributed by atoms with Crippen molar-refractivity contribution in [3.8, 4) is 11.4 Å². The lowest BCUT2D eigenvalue weighted by Gasteiger charge is -2.30. The van der Waals surface area contributed by atoms with E-state index in [0.29, 0.717) is 37.6 Å². The minimum atomic E-state index is -0.619. The number of aromatic nitrogens is 10. The number of carbonyl (C=O) groups is 2. The van der Waals surface area contributed by atoms with Crippen molar-refractivity contribution in [3.63, 3.8) is 0 Å². The molecule has 0 aliphatic heterocycles. The smallest absolute Gasteiger partial charge is 0.360 e. The third-order valence-electron chi connectivity index (χ3n) is 11.0. The van der Waals surface area contributed by atoms with Crippen molar-refractivity contribution in [2.75, 3.05) is 32.1 Å². The topological polar surface area (TPSA) is 184 Å². The Morgan fingerprint density at radius 2 is 1.70 bits per heavy atom. The highest BCUT2D eigenvalue weighted by Crippen LogP contribution is 2.40. The Morgan fingerprint density at radius 3 is 2.42 bits per heavy atom. The Balaban J connectivity index is 0.942. The highest BCUT2D eigenvalue weighted by atomic mass is 16.5. The van der Waals surface area contributed by atoms with Crippen LogP contribution >= 0.6 is 0 Å². The minimum absolute atomic E-state index is 0.0604. The highest BCUT2D eigenvalue weighted by Gasteiger charge is 2.28. The lowest BCUT2D eigenvalue weighted by molar-refractivity contribution is -0.125. The van der Waals surface area contributed by atoms with E-state index in [-0.39, 0.29) is 23.1 Å². The van der Waals surface area contributed by atoms with E-state index in [2.05, 4.69) is 80.5 Å². The summed E-state index contributed by atoms with van der Waals surface area (Å²) in [6, 6.07) is 21.3. The molecule has 16 heteroatoms. The molecule has 1 aliphatic rings. The molecular formula is C44H57N13O3. The predicted octanol–water partition coefficient (Wildman–Crippen LogP) is 5.70. The molecular weight excluding hydrogens is 759 g/mol. The summed E-state index contributed by atoms with van der Waals surface area (Å²) < 4.78 is 9.88. The van der Waals surface area contributed by atoms with Crippen LogP contribution in [0.2, 0.25) is 0 Å². The normalized spacial score (nSPS) is 14.2. The third kappa shape index (κ3) is 10.8. The van der Waals surface area contributed by atoms with Crippen LogP contribution in [-0.4, -0.2) is 94.5 Å². The number of hydrogen-bond acceptors (Lipinski definition) is 12. The standard InChI is InChI=1S/C44H57N13O3/c1-30(2)22-35(25-55-27-37(49-53-55)43(59)60-5)47-42(58)38(23-31-14-8-6-9-15-31)56-26-34(48-54-56)20-13-21-45-28-44(3,4)29-46-40-36(32-18-12-19-32)24-39-50-51-41(57(39)52-40)33-16-10-7-11-17-33/h6-11,14-17,24,26-27,30,32,35,38,45H,12-13,18-23,25,28-29H2,1-5H3,(H,46,52)(H,47,58)/t35-,38-/m0/s1. The van der Waals surface area contributed by atoms with Gasteiger partial charge < -0.3 is 20.7 Å². The minimum Gasteiger partial charge on any atom is -0.464 e. The number of amides is 1. The van der Waals surface area contributed by atoms with E-state index in [9.17, 15) is 9.59 Å². The maximum absolute atomic E-state index is 14.1. The van der Waals surface area contributed by atoms with Gasteiger partial charge in [-0.25, -0.2) is 14.2 Å². The van der Waals surface area contributed by atoms with Crippen LogP contribution in [0, 0.1) is 11.3 Å². The first-order valence-corrected chi connectivity index (χ1v) is 21.0. The number of methoxy groups -OCH3 is 1. The van der Waals surface area contributed by atoms with E-state index >= 15 is 0 Å². The molecule has 4 heterocycles. The fourth-order valence-electron chi connectivity index (χ4n) is 7.57. The van der Waals surface area contributed by atoms with Crippen LogP contribution in [0.4, 0.5) is 5.82 Å². The number of rotatable bonds is 21. The molecule has 3 N–H and O–H groups in total. The maximum Gasteiger partial charge on any atom is 0.360 e. The summed E-state index contributed by atoms with van der Waals surface area (Å²) in [6.45, 7) is 11.4. The van der Waals surface area contributed by atoms with E-state index in [1.54, 1.807) is 9.36 Å². The summed E-state index contributed by atoms with van der Waals surface area (Å²) in [7, 11) is 1.30. The van der Waals surface area contributed by atoms with Crippen molar-refractivity contribution in [2.45, 2.75) is 97.2 Å². The first kappa shape index (κ1) is 42.1. The van der Waals surface area contributed by atoms with Gasteiger partial charge in [-0.2, -0.15) is 4.52 Å². The molecule has 1 aliphatic carbocycles. The van der Waals surface area contributed by atoms with Gasteiger partial charge in [0.15, 0.2) is 23.0 Å². The van der Waals surface area contributed by atoms with Crippen LogP contribution in [0.3, 0.4) is 0 Å². The number of anilines is 1. The van der Waals surface area contributed by atoms with Gasteiger partial charge in [0.2, 0.25) is 5.91 Å². The lowest BCUT2D eigenvalue weighted by Crippen LogP contribution is -2.43. The molecule has 1 saturated carbocycles. The fraction of sp³-hybridized carbons (Fsp3) is 0.477. The number of nitrogens with zero attached hydrogens (tertiary/aromatic N) is 10. The van der Waals surface area contributed by atoms with Gasteiger partial charge in [0, 0.05) is 42.9 Å². The molecule has 6 aromatic rings. The quantitative estimate of drug-likeness (QED) is 0.0596. The molecule has 0 unspecified atom stereocenters. The van der Waals surface area contributed by atoms with Crippen molar-refractivity contribution in [1.82, 2.24) is 60.4 Å². The van der Waals surface area contributed by atoms with Gasteiger partial charge in [0.05, 0.1) is 25.5 Å². The maximum atomic E-state index is 14.1. The molecule has 0 radical (unpaired) electrons. The molecule has 0 bridgehead atoms. The number of esters is 1. The van der Waals surface area contributed by atoms with Gasteiger partial charge in [-0.1, -0.05) is 105 Å².